The average Bonchev–Trinajstić information content (AvgIpc) is 3.28. The number of anilines is 1. The first kappa shape index (κ1) is 27.2. The van der Waals surface area contributed by atoms with Crippen molar-refractivity contribution >= 4 is 28.9 Å². The summed E-state index contributed by atoms with van der Waals surface area (Å²) in [5.41, 5.74) is 0.282. The molecule has 2 fully saturated rings. The Kier molecular flexibility index (Phi) is 8.59. The second-order valence-electron chi connectivity index (χ2n) is 11.5. The summed E-state index contributed by atoms with van der Waals surface area (Å²) in [5.74, 6) is 6.51. The van der Waals surface area contributed by atoms with Crippen LogP contribution in [0, 0.1) is 29.1 Å². The highest BCUT2D eigenvalue weighted by atomic mass is 32.1. The molecule has 1 N–H and O–H groups in total. The average molecular weight is 523 g/mol. The van der Waals surface area contributed by atoms with Crippen molar-refractivity contribution in [3.63, 3.8) is 0 Å². The second kappa shape index (κ2) is 11.7. The van der Waals surface area contributed by atoms with E-state index in [9.17, 15) is 14.7 Å². The predicted octanol–water partition coefficient (Wildman–Crippen LogP) is 6.79. The zero-order valence-electron chi connectivity index (χ0n) is 22.3. The lowest BCUT2D eigenvalue weighted by Crippen LogP contribution is -2.48. The molecule has 0 radical (unpaired) electrons. The lowest BCUT2D eigenvalue weighted by Gasteiger charge is -2.39. The van der Waals surface area contributed by atoms with Gasteiger partial charge < -0.3 is 14.7 Å². The number of carboxylic acids is 1. The van der Waals surface area contributed by atoms with Crippen LogP contribution in [0.15, 0.2) is 30.5 Å². The number of ether oxygens (including phenoxy) is 1. The van der Waals surface area contributed by atoms with Crippen molar-refractivity contribution in [2.24, 2.45) is 17.3 Å². The van der Waals surface area contributed by atoms with Crippen LogP contribution >= 0.6 is 11.3 Å². The molecule has 7 heteroatoms. The summed E-state index contributed by atoms with van der Waals surface area (Å²) in [5, 5.41) is 10.1. The number of rotatable bonds is 6. The topological polar surface area (TPSA) is 79.7 Å². The van der Waals surface area contributed by atoms with Crippen LogP contribution in [0.1, 0.15) is 93.6 Å². The van der Waals surface area contributed by atoms with Gasteiger partial charge in [-0.05, 0) is 83.8 Å². The lowest BCUT2D eigenvalue weighted by molar-refractivity contribution is -0.124. The fourth-order valence-electron chi connectivity index (χ4n) is 5.27. The molecule has 2 atom stereocenters. The molecule has 0 unspecified atom stereocenters. The molecule has 0 spiro atoms. The Morgan fingerprint density at radius 2 is 1.89 bits per heavy atom. The highest BCUT2D eigenvalue weighted by molar-refractivity contribution is 7.15. The van der Waals surface area contributed by atoms with E-state index < -0.39 is 5.97 Å². The third-order valence-corrected chi connectivity index (χ3v) is 8.25. The van der Waals surface area contributed by atoms with Crippen molar-refractivity contribution in [1.29, 1.82) is 0 Å². The maximum atomic E-state index is 14.1. The molecule has 0 aromatic carbocycles. The minimum atomic E-state index is -1.02. The number of carbonyl (C=O) groups is 2. The van der Waals surface area contributed by atoms with E-state index in [4.69, 9.17) is 4.74 Å². The predicted molar refractivity (Wildman–Crippen MR) is 147 cm³/mol. The van der Waals surface area contributed by atoms with Crippen LogP contribution in [-0.4, -0.2) is 34.1 Å². The van der Waals surface area contributed by atoms with E-state index in [1.807, 2.05) is 49.9 Å². The molecule has 2 aromatic heterocycles. The van der Waals surface area contributed by atoms with Crippen molar-refractivity contribution in [2.75, 3.05) is 4.90 Å². The smallest absolute Gasteiger partial charge is 0.348 e. The van der Waals surface area contributed by atoms with E-state index in [1.165, 1.54) is 0 Å². The molecule has 1 amide bonds. The van der Waals surface area contributed by atoms with Crippen molar-refractivity contribution < 1.29 is 19.4 Å². The molecule has 0 aliphatic heterocycles. The summed E-state index contributed by atoms with van der Waals surface area (Å²) in [7, 11) is 0. The van der Waals surface area contributed by atoms with Crippen LogP contribution in [0.2, 0.25) is 0 Å². The van der Waals surface area contributed by atoms with Gasteiger partial charge in [-0.15, -0.1) is 11.3 Å². The van der Waals surface area contributed by atoms with Gasteiger partial charge in [-0.25, -0.2) is 9.78 Å². The molecule has 4 rings (SSSR count). The molecule has 0 saturated heterocycles. The highest BCUT2D eigenvalue weighted by Crippen LogP contribution is 2.39. The standard InChI is InChI=1S/C30H38N2O4S/c1-20-11-13-21(14-12-20)28(33)32(22-8-7-9-23(18-22)36-26-10-5-6-17-31-26)25-19-24(15-16-30(2,3)4)37-27(25)29(34)35/h5-6,10,17,19-23H,7-9,11-14,18H2,1-4H3,(H,34,35)/t20?,21?,22-,23-/m0/s1. The summed E-state index contributed by atoms with van der Waals surface area (Å²) in [6, 6.07) is 7.28. The van der Waals surface area contributed by atoms with Gasteiger partial charge in [0.05, 0.1) is 10.6 Å². The first-order chi connectivity index (χ1) is 17.6. The van der Waals surface area contributed by atoms with E-state index >= 15 is 0 Å². The summed E-state index contributed by atoms with van der Waals surface area (Å²) >= 11 is 1.16. The van der Waals surface area contributed by atoms with Crippen molar-refractivity contribution in [3.8, 4) is 17.7 Å². The Balaban J connectivity index is 1.68. The molecule has 2 aromatic rings. The van der Waals surface area contributed by atoms with Gasteiger partial charge in [-0.2, -0.15) is 0 Å². The molecule has 37 heavy (non-hydrogen) atoms. The van der Waals surface area contributed by atoms with Gasteiger partial charge in [0, 0.05) is 36.1 Å². The van der Waals surface area contributed by atoms with Crippen LogP contribution in [0.5, 0.6) is 5.88 Å². The van der Waals surface area contributed by atoms with Crippen LogP contribution in [-0.2, 0) is 4.79 Å². The van der Waals surface area contributed by atoms with E-state index in [1.54, 1.807) is 6.20 Å². The van der Waals surface area contributed by atoms with E-state index in [-0.39, 0.29) is 34.3 Å². The van der Waals surface area contributed by atoms with Gasteiger partial charge >= 0.3 is 5.97 Å². The summed E-state index contributed by atoms with van der Waals surface area (Å²) in [6.07, 6.45) is 8.61. The first-order valence-corrected chi connectivity index (χ1v) is 14.2. The fraction of sp³-hybridized carbons (Fsp3) is 0.567. The van der Waals surface area contributed by atoms with E-state index in [0.29, 0.717) is 28.8 Å². The van der Waals surface area contributed by atoms with Crippen molar-refractivity contribution in [2.45, 2.75) is 91.2 Å². The van der Waals surface area contributed by atoms with Crippen LogP contribution < -0.4 is 9.64 Å². The van der Waals surface area contributed by atoms with E-state index in [0.717, 1.165) is 56.3 Å². The second-order valence-corrected chi connectivity index (χ2v) is 12.6. The number of aromatic carboxylic acids is 1. The molecule has 2 heterocycles. The van der Waals surface area contributed by atoms with Gasteiger partial charge in [0.25, 0.3) is 0 Å². The minimum Gasteiger partial charge on any atom is -0.477 e. The largest absolute Gasteiger partial charge is 0.477 e. The van der Waals surface area contributed by atoms with Crippen LogP contribution in [0.25, 0.3) is 0 Å². The SMILES string of the molecule is CC1CCC(C(=O)N(c2cc(C#CC(C)(C)C)sc2C(=O)O)[C@H]2CCC[C@H](Oc3ccccn3)C2)CC1. The Morgan fingerprint density at radius 1 is 1.14 bits per heavy atom. The number of thiophene rings is 1. The normalized spacial score (nSPS) is 24.0. The molecular weight excluding hydrogens is 484 g/mol. The van der Waals surface area contributed by atoms with Crippen molar-refractivity contribution in [1.82, 2.24) is 4.98 Å². The number of carboxylic acid groups (broad SMARTS) is 1. The molecule has 6 nitrogen and oxygen atoms in total. The Labute approximate surface area is 224 Å². The molecular formula is C30H38N2O4S. The lowest BCUT2D eigenvalue weighted by atomic mass is 9.81. The zero-order valence-corrected chi connectivity index (χ0v) is 23.1. The van der Waals surface area contributed by atoms with Gasteiger partial charge in [-0.1, -0.05) is 24.8 Å². The molecule has 2 saturated carbocycles. The minimum absolute atomic E-state index is 0.0472. The van der Waals surface area contributed by atoms with Crippen LogP contribution in [0.3, 0.4) is 0 Å². The Hall–Kier alpha value is -2.85. The van der Waals surface area contributed by atoms with Gasteiger partial charge in [0.1, 0.15) is 11.0 Å². The first-order valence-electron chi connectivity index (χ1n) is 13.4. The summed E-state index contributed by atoms with van der Waals surface area (Å²) in [4.78, 5) is 33.5. The third kappa shape index (κ3) is 7.13. The monoisotopic (exact) mass is 522 g/mol. The number of carbonyl (C=O) groups excluding carboxylic acids is 1. The number of amides is 1. The Morgan fingerprint density at radius 3 is 2.54 bits per heavy atom. The zero-order chi connectivity index (χ0) is 26.6. The van der Waals surface area contributed by atoms with Gasteiger partial charge in [0.2, 0.25) is 11.8 Å². The maximum Gasteiger partial charge on any atom is 0.348 e. The number of pyridine rings is 1. The maximum absolute atomic E-state index is 14.1. The summed E-state index contributed by atoms with van der Waals surface area (Å²) < 4.78 is 6.18. The molecule has 2 aliphatic rings. The number of aromatic nitrogens is 1. The number of hydrogen-bond donors (Lipinski definition) is 1. The van der Waals surface area contributed by atoms with Gasteiger partial charge in [-0.3, -0.25) is 4.79 Å². The van der Waals surface area contributed by atoms with Crippen LogP contribution in [0.4, 0.5) is 5.69 Å². The quantitative estimate of drug-likeness (QED) is 0.423. The summed E-state index contributed by atoms with van der Waals surface area (Å²) in [6.45, 7) is 8.31. The third-order valence-electron chi connectivity index (χ3n) is 7.22. The Bertz CT molecular complexity index is 1150. The van der Waals surface area contributed by atoms with Crippen molar-refractivity contribution in [3.05, 3.63) is 40.2 Å². The van der Waals surface area contributed by atoms with E-state index in [2.05, 4.69) is 23.7 Å². The molecule has 198 valence electrons. The molecule has 0 bridgehead atoms. The number of hydrogen-bond acceptors (Lipinski definition) is 5. The highest BCUT2D eigenvalue weighted by Gasteiger charge is 2.38. The van der Waals surface area contributed by atoms with Gasteiger partial charge in [0.15, 0.2) is 0 Å². The fourth-order valence-corrected chi connectivity index (χ4v) is 6.11. The molecule has 2 aliphatic carbocycles. The number of nitrogens with zero attached hydrogens (tertiary/aromatic N) is 2.